The molecule has 0 atom stereocenters. The molecule has 12 aromatic carbocycles. The molecule has 0 unspecified atom stereocenters. The summed E-state index contributed by atoms with van der Waals surface area (Å²) < 4.78 is 283. The second kappa shape index (κ2) is 45.7. The summed E-state index contributed by atoms with van der Waals surface area (Å²) in [5.41, 5.74) is 5.35. The number of benzene rings is 12. The molecule has 60 nitrogen and oxygen atoms in total. The summed E-state index contributed by atoms with van der Waals surface area (Å²) in [4.78, 5) is 14.2. The number of nitrogen functional groups attached to an aromatic ring is 2. The van der Waals surface area contributed by atoms with E-state index in [1.807, 2.05) is 0 Å². The van der Waals surface area contributed by atoms with E-state index in [9.17, 15) is 131 Å². The quantitative estimate of drug-likeness (QED) is 0.00248. The molecule has 0 saturated carbocycles. The Labute approximate surface area is 813 Å². The summed E-state index contributed by atoms with van der Waals surface area (Å²) in [6, 6.07) is 25.6. The van der Waals surface area contributed by atoms with Crippen LogP contribution in [-0.2, 0) is 144 Å². The number of non-ortho nitro benzene ring substituents is 2. The molecule has 12 rings (SSSR count). The number of azo groups is 6. The average Bonchev–Trinajstić information content (AvgIpc) is 0.745. The minimum absolute atomic E-state index is 0. The van der Waals surface area contributed by atoms with Crippen molar-refractivity contribution in [3.63, 3.8) is 0 Å². The second-order valence-corrected chi connectivity index (χ2v) is 41.6. The third-order valence-corrected chi connectivity index (χ3v) is 28.4. The Morgan fingerprint density at radius 1 is 0.340 bits per heavy atom. The van der Waals surface area contributed by atoms with E-state index >= 15 is 0 Å². The molecular weight excluding hydrogens is 2180 g/mol. The Hall–Kier alpha value is -12.4. The van der Waals surface area contributed by atoms with Crippen molar-refractivity contribution >= 4 is 263 Å². The number of nitro groups is 2. The molecule has 0 amide bonds. The number of nitrogens with two attached hydrogens (primary N) is 2. The normalized spacial score (nSPS) is 12.8. The van der Waals surface area contributed by atoms with Gasteiger partial charge in [-0.15, -0.1) is 78.7 Å². The van der Waals surface area contributed by atoms with E-state index in [-0.39, 0.29) is 140 Å². The number of nitro benzene ring substituents is 2. The maximum Gasteiger partial charge on any atom is 0.397 e. The molecule has 0 aliphatic carbocycles. The number of phenolic OH excluding ortho intramolecular Hbond substituents is 4. The molecule has 12 aromatic rings. The van der Waals surface area contributed by atoms with Gasteiger partial charge in [0.15, 0.2) is 43.5 Å². The average molecular weight is 2230 g/mol. The summed E-state index contributed by atoms with van der Waals surface area (Å²) in [6.45, 7) is -1.59. The van der Waals surface area contributed by atoms with Gasteiger partial charge in [0.1, 0.15) is 76.6 Å². The van der Waals surface area contributed by atoms with Crippen molar-refractivity contribution in [3.8, 4) is 23.0 Å². The fourth-order valence-electron chi connectivity index (χ4n) is 12.0. The molecule has 73 heteroatoms. The number of nitrogens with zero attached hydrogens (tertiary/aromatic N) is 14. The van der Waals surface area contributed by atoms with E-state index in [0.717, 1.165) is 115 Å². The summed E-state index contributed by atoms with van der Waals surface area (Å²) in [7, 11) is -39.8. The van der Waals surface area contributed by atoms with Crippen molar-refractivity contribution < 1.29 is 209 Å². The van der Waals surface area contributed by atoms with E-state index in [0.29, 0.717) is 24.2 Å². The van der Waals surface area contributed by atoms with Gasteiger partial charge in [-0.2, -0.15) is 50.5 Å². The van der Waals surface area contributed by atoms with Gasteiger partial charge in [0, 0.05) is 55.9 Å². The van der Waals surface area contributed by atoms with Crippen LogP contribution in [0.2, 0.25) is 0 Å². The van der Waals surface area contributed by atoms with Crippen LogP contribution in [0.5, 0.6) is 23.0 Å². The first-order chi connectivity index (χ1) is 65.7. The van der Waals surface area contributed by atoms with E-state index < -0.39 is 235 Å². The summed E-state index contributed by atoms with van der Waals surface area (Å²) in [6.07, 6.45) is 0. The molecule has 18 N–H and O–H groups in total. The number of rotatable bonds is 40. The zero-order chi connectivity index (χ0) is 103. The van der Waals surface area contributed by atoms with Crippen molar-refractivity contribution in [2.75, 3.05) is 36.2 Å². The zero-order valence-electron chi connectivity index (χ0n) is 68.1. The van der Waals surface area contributed by atoms with Crippen LogP contribution in [0.3, 0.4) is 0 Å². The van der Waals surface area contributed by atoms with Crippen molar-refractivity contribution in [1.82, 2.24) is 0 Å². The number of aromatic hydroxyl groups is 4. The molecule has 0 fully saturated rings. The molecular formula is C68H52CrN16O44S12. The van der Waals surface area contributed by atoms with Crippen LogP contribution in [0.15, 0.2) is 268 Å². The Morgan fingerprint density at radius 2 is 0.695 bits per heavy atom. The Balaban J connectivity index is 0.000000288. The van der Waals surface area contributed by atoms with Crippen molar-refractivity contribution in [2.45, 2.75) is 49.0 Å². The topological polar surface area (TPSA) is 935 Å². The number of sulfone groups is 2. The molecule has 0 bridgehead atoms. The molecule has 746 valence electrons. The van der Waals surface area contributed by atoms with Crippen molar-refractivity contribution in [1.29, 1.82) is 0 Å². The van der Waals surface area contributed by atoms with Crippen molar-refractivity contribution in [3.05, 3.63) is 178 Å². The molecule has 141 heavy (non-hydrogen) atoms. The molecule has 0 radical (unpaired) electrons. The summed E-state index contributed by atoms with van der Waals surface area (Å²) >= 11 is 1.06. The van der Waals surface area contributed by atoms with Gasteiger partial charge in [-0.1, -0.05) is 32.3 Å². The standard InChI is InChI=1S/2C34H26N8O22S6.Cr/c35-31-30-16(11-27(65-64-63-47)32(34(30)44)40-38-24-5-1-17(42(45)46)13-26(24)43)12-29(69(56,57)58)33(31)41-37-23-8-7-22(20-4-2-19(14-21(20)23)67(50,51)52)36-39-25-6-3-18(15-28(25)68(53,54)55)66(48,49)10-9-62-70(59,60)61;35-31-30-16(12-29(70(55,56)57)33(34(30)44)41-38-24-5-1-17(42(45)46)13-26(24)43)11-27(66-63-60-48)32(31)40-37-23-8-7-22(20-4-2-18(14-21(20)23)65-62-59-47)36-39-25-6-3-19(15-28(25)69(52,53)54)68(50,51)10-9-58-67-64-61-49;/h1-8,11-15,43-44,47H,9-10,35H2,(H,50,51,52)(H,53,54,55)(H,56,57,58)(H,59,60,61);1-8,11-15,43-44,47-49H,9-10,35H2,(H,52,53,54)(H,55,56,57);. The SMILES string of the molecule is Nc1c(N=Nc2ccc(N=Nc3ccc(S(=O)(=O)CCOS(=O)(=O)O)cc3S(=O)(=O)O)c3ccc(S(=O)(=O)O)cc23)c(S(=O)(=O)O)cc2cc(SOOO)c(N=Nc3ccc([N+](=O)[O-])cc3O)c(O)c12.Nc1c(N=Nc2ccc(N=Nc3ccc(S(=O)(=O)CCOSOOO)cc3S(=O)(=O)O)c3ccc(SOOO)cc23)c(SOOO)cc2cc(S(=O)(=O)O)c(N=Nc3ccc([N+](=O)[O-])cc3O)c(O)c12.[Cr]. The van der Waals surface area contributed by atoms with Gasteiger partial charge in [0.25, 0.3) is 62.0 Å². The van der Waals surface area contributed by atoms with Gasteiger partial charge < -0.3 is 31.9 Å². The van der Waals surface area contributed by atoms with Crippen molar-refractivity contribution in [2.24, 2.45) is 61.4 Å². The second-order valence-electron chi connectivity index (χ2n) is 26.5. The number of hydrogen-bond donors (Lipinski definition) is 16. The van der Waals surface area contributed by atoms with Crippen LogP contribution < -0.4 is 11.5 Å². The van der Waals surface area contributed by atoms with E-state index in [1.165, 1.54) is 30.3 Å². The van der Waals surface area contributed by atoms with Gasteiger partial charge in [0.2, 0.25) is 0 Å². The van der Waals surface area contributed by atoms with E-state index in [1.54, 1.807) is 0 Å². The fourth-order valence-corrected chi connectivity index (χ4v) is 19.6. The van der Waals surface area contributed by atoms with Gasteiger partial charge in [-0.3, -0.25) is 51.7 Å². The predicted molar refractivity (Wildman–Crippen MR) is 476 cm³/mol. The number of fused-ring (bicyclic) bond motifs is 4. The first-order valence-electron chi connectivity index (χ1n) is 35.9. The minimum Gasteiger partial charge on any atom is -0.505 e. The Morgan fingerprint density at radius 3 is 1.13 bits per heavy atom. The van der Waals surface area contributed by atoms with Crippen LogP contribution in [0.1, 0.15) is 0 Å². The maximum absolute atomic E-state index is 12.9. The van der Waals surface area contributed by atoms with Crippen LogP contribution in [0.25, 0.3) is 43.1 Å². The molecule has 0 aliphatic rings. The van der Waals surface area contributed by atoms with E-state index in [2.05, 4.69) is 103 Å². The van der Waals surface area contributed by atoms with Gasteiger partial charge in [-0.25, -0.2) is 42.0 Å². The third-order valence-electron chi connectivity index (χ3n) is 18.0. The molecule has 0 heterocycles. The first-order valence-corrected chi connectivity index (χ1v) is 50.7. The number of phenols is 4. The largest absolute Gasteiger partial charge is 0.505 e. The van der Waals surface area contributed by atoms with Crippen LogP contribution >= 0.6 is 48.5 Å². The Bertz CT molecular complexity index is 8240. The number of hydrogen-bond acceptors (Lipinski definition) is 56. The summed E-state index contributed by atoms with van der Waals surface area (Å²) in [5, 5.41) is 161. The molecule has 0 aromatic heterocycles. The van der Waals surface area contributed by atoms with Gasteiger partial charge in [0.05, 0.1) is 152 Å². The molecule has 0 spiro atoms. The monoisotopic (exact) mass is 2230 g/mol. The molecule has 0 saturated heterocycles. The maximum atomic E-state index is 12.9. The van der Waals surface area contributed by atoms with Crippen LogP contribution in [0, 0.1) is 20.2 Å². The Kier molecular flexibility index (Phi) is 35.8. The summed E-state index contributed by atoms with van der Waals surface area (Å²) in [5.74, 6) is -5.22. The predicted octanol–water partition coefficient (Wildman–Crippen LogP) is 16.2. The minimum atomic E-state index is -5.32. The molecule has 0 aliphatic heterocycles. The van der Waals surface area contributed by atoms with Crippen LogP contribution in [0.4, 0.5) is 91.0 Å². The van der Waals surface area contributed by atoms with Crippen LogP contribution in [-0.4, -0.2) is 171 Å². The third kappa shape index (κ3) is 27.3. The van der Waals surface area contributed by atoms with Gasteiger partial charge >= 0.3 is 10.4 Å². The van der Waals surface area contributed by atoms with E-state index in [4.69, 9.17) is 41.2 Å². The zero-order valence-corrected chi connectivity index (χ0v) is 79.1. The fraction of sp³-hybridized carbons (Fsp3) is 0.0588. The first kappa shape index (κ1) is 111. The number of anilines is 2. The smallest absolute Gasteiger partial charge is 0.397 e. The van der Waals surface area contributed by atoms with Gasteiger partial charge in [-0.05, 0) is 132 Å².